The maximum Gasteiger partial charge on any atom is 0.220 e. The molecule has 0 radical (unpaired) electrons. The number of carbonyl (C=O) groups is 1. The lowest BCUT2D eigenvalue weighted by molar-refractivity contribution is -0.123. The van der Waals surface area contributed by atoms with E-state index >= 15 is 0 Å². The van der Waals surface area contributed by atoms with Crippen LogP contribution in [0.15, 0.2) is 0 Å². The lowest BCUT2D eigenvalue weighted by Crippen LogP contribution is -2.40. The van der Waals surface area contributed by atoms with Gasteiger partial charge in [0.1, 0.15) is 0 Å². The van der Waals surface area contributed by atoms with E-state index in [4.69, 9.17) is 5.73 Å². The first-order valence-corrected chi connectivity index (χ1v) is 6.70. The summed E-state index contributed by atoms with van der Waals surface area (Å²) in [4.78, 5) is 11.8. The fraction of sp³-hybridized carbons (Fsp3) is 0.923. The Bertz CT molecular complexity index is 214. The van der Waals surface area contributed by atoms with Crippen molar-refractivity contribution in [1.82, 2.24) is 5.32 Å². The van der Waals surface area contributed by atoms with Crippen molar-refractivity contribution >= 4 is 5.91 Å². The highest BCUT2D eigenvalue weighted by Crippen LogP contribution is 2.25. The predicted octanol–water partition coefficient (Wildman–Crippen LogP) is 2.06. The van der Waals surface area contributed by atoms with Crippen LogP contribution in [-0.2, 0) is 4.79 Å². The normalized spacial score (nSPS) is 25.0. The summed E-state index contributed by atoms with van der Waals surface area (Å²) in [5.74, 6) is 1.27. The Morgan fingerprint density at radius 1 is 1.38 bits per heavy atom. The maximum absolute atomic E-state index is 11.8. The van der Waals surface area contributed by atoms with E-state index in [-0.39, 0.29) is 5.91 Å². The molecular formula is C13H26N2O. The van der Waals surface area contributed by atoms with E-state index in [1.54, 1.807) is 0 Å². The molecule has 0 aliphatic heterocycles. The number of nitrogens with two attached hydrogens (primary N) is 1. The van der Waals surface area contributed by atoms with Gasteiger partial charge in [-0.2, -0.15) is 0 Å². The van der Waals surface area contributed by atoms with Gasteiger partial charge in [0.25, 0.3) is 0 Å². The minimum atomic E-state index is 0.221. The molecule has 1 aliphatic carbocycles. The Labute approximate surface area is 99.2 Å². The van der Waals surface area contributed by atoms with Gasteiger partial charge in [0, 0.05) is 12.5 Å². The third-order valence-electron chi connectivity index (χ3n) is 3.94. The average Bonchev–Trinajstić information content (AvgIpc) is 2.73. The van der Waals surface area contributed by atoms with Crippen LogP contribution >= 0.6 is 0 Å². The van der Waals surface area contributed by atoms with Gasteiger partial charge in [0.2, 0.25) is 5.91 Å². The van der Waals surface area contributed by atoms with Gasteiger partial charge in [-0.05, 0) is 31.2 Å². The molecule has 1 saturated carbocycles. The third-order valence-corrected chi connectivity index (χ3v) is 3.94. The van der Waals surface area contributed by atoms with Gasteiger partial charge in [-0.15, -0.1) is 0 Å². The predicted molar refractivity (Wildman–Crippen MR) is 67.0 cm³/mol. The molecule has 0 bridgehead atoms. The molecule has 2 atom stereocenters. The summed E-state index contributed by atoms with van der Waals surface area (Å²) in [5, 5.41) is 3.16. The first-order chi connectivity index (χ1) is 7.71. The summed E-state index contributed by atoms with van der Waals surface area (Å²) in [6, 6.07) is 0.340. The van der Waals surface area contributed by atoms with Crippen LogP contribution in [0.3, 0.4) is 0 Å². The molecule has 0 aromatic heterocycles. The van der Waals surface area contributed by atoms with E-state index in [1.165, 1.54) is 12.8 Å². The van der Waals surface area contributed by atoms with Crippen LogP contribution in [-0.4, -0.2) is 18.5 Å². The lowest BCUT2D eigenvalue weighted by Gasteiger charge is -2.21. The SMILES string of the molecule is CCC(CC)CC(=O)NC1CCCC1CN. The molecule has 0 spiro atoms. The minimum absolute atomic E-state index is 0.221. The molecule has 3 N–H and O–H groups in total. The largest absolute Gasteiger partial charge is 0.353 e. The Kier molecular flexibility index (Phi) is 5.81. The second-order valence-corrected chi connectivity index (χ2v) is 4.99. The molecule has 0 aromatic rings. The molecular weight excluding hydrogens is 200 g/mol. The topological polar surface area (TPSA) is 55.1 Å². The number of hydrogen-bond donors (Lipinski definition) is 2. The van der Waals surface area contributed by atoms with Crippen LogP contribution in [0.5, 0.6) is 0 Å². The summed E-state index contributed by atoms with van der Waals surface area (Å²) < 4.78 is 0. The van der Waals surface area contributed by atoms with Crippen molar-refractivity contribution in [3.05, 3.63) is 0 Å². The van der Waals surface area contributed by atoms with Crippen molar-refractivity contribution in [3.8, 4) is 0 Å². The molecule has 0 saturated heterocycles. The van der Waals surface area contributed by atoms with Crippen LogP contribution in [0.4, 0.5) is 0 Å². The maximum atomic E-state index is 11.8. The van der Waals surface area contributed by atoms with Crippen LogP contribution in [0.1, 0.15) is 52.4 Å². The Balaban J connectivity index is 2.33. The van der Waals surface area contributed by atoms with Crippen molar-refractivity contribution < 1.29 is 4.79 Å². The van der Waals surface area contributed by atoms with Gasteiger partial charge >= 0.3 is 0 Å². The summed E-state index contributed by atoms with van der Waals surface area (Å²) in [6.07, 6.45) is 6.35. The van der Waals surface area contributed by atoms with Crippen LogP contribution in [0.25, 0.3) is 0 Å². The summed E-state index contributed by atoms with van der Waals surface area (Å²) in [7, 11) is 0. The number of carbonyl (C=O) groups excluding carboxylic acids is 1. The molecule has 1 fully saturated rings. The highest BCUT2D eigenvalue weighted by Gasteiger charge is 2.27. The number of amides is 1. The molecule has 1 aliphatic rings. The summed E-state index contributed by atoms with van der Waals surface area (Å²) in [5.41, 5.74) is 5.70. The molecule has 0 heterocycles. The monoisotopic (exact) mass is 226 g/mol. The standard InChI is InChI=1S/C13H26N2O/c1-3-10(4-2)8-13(16)15-12-7-5-6-11(12)9-14/h10-12H,3-9,14H2,1-2H3,(H,15,16). The van der Waals surface area contributed by atoms with Crippen LogP contribution < -0.4 is 11.1 Å². The van der Waals surface area contributed by atoms with E-state index in [0.717, 1.165) is 19.3 Å². The molecule has 3 heteroatoms. The van der Waals surface area contributed by atoms with Gasteiger partial charge in [0.15, 0.2) is 0 Å². The lowest BCUT2D eigenvalue weighted by atomic mass is 9.98. The smallest absolute Gasteiger partial charge is 0.220 e. The molecule has 94 valence electrons. The van der Waals surface area contributed by atoms with E-state index in [1.807, 2.05) is 0 Å². The van der Waals surface area contributed by atoms with Crippen molar-refractivity contribution in [3.63, 3.8) is 0 Å². The van der Waals surface area contributed by atoms with Gasteiger partial charge in [-0.3, -0.25) is 4.79 Å². The fourth-order valence-electron chi connectivity index (χ4n) is 2.61. The first kappa shape index (κ1) is 13.5. The highest BCUT2D eigenvalue weighted by atomic mass is 16.1. The second-order valence-electron chi connectivity index (χ2n) is 4.99. The summed E-state index contributed by atoms with van der Waals surface area (Å²) >= 11 is 0. The number of nitrogens with one attached hydrogen (secondary N) is 1. The second kappa shape index (κ2) is 6.89. The molecule has 1 amide bonds. The van der Waals surface area contributed by atoms with Crippen LogP contribution in [0, 0.1) is 11.8 Å². The third kappa shape index (κ3) is 3.78. The van der Waals surface area contributed by atoms with Crippen LogP contribution in [0.2, 0.25) is 0 Å². The quantitative estimate of drug-likeness (QED) is 0.728. The van der Waals surface area contributed by atoms with Gasteiger partial charge in [-0.1, -0.05) is 33.1 Å². The number of rotatable bonds is 6. The summed E-state index contributed by atoms with van der Waals surface area (Å²) in [6.45, 7) is 5.01. The van der Waals surface area contributed by atoms with Gasteiger partial charge < -0.3 is 11.1 Å². The Morgan fingerprint density at radius 2 is 2.06 bits per heavy atom. The zero-order valence-corrected chi connectivity index (χ0v) is 10.7. The molecule has 2 unspecified atom stereocenters. The number of hydrogen-bond acceptors (Lipinski definition) is 2. The van der Waals surface area contributed by atoms with E-state index < -0.39 is 0 Å². The molecule has 1 rings (SSSR count). The van der Waals surface area contributed by atoms with E-state index in [0.29, 0.717) is 30.8 Å². The highest BCUT2D eigenvalue weighted by molar-refractivity contribution is 5.76. The Hall–Kier alpha value is -0.570. The van der Waals surface area contributed by atoms with Crippen molar-refractivity contribution in [2.75, 3.05) is 6.54 Å². The zero-order valence-electron chi connectivity index (χ0n) is 10.7. The van der Waals surface area contributed by atoms with E-state index in [2.05, 4.69) is 19.2 Å². The van der Waals surface area contributed by atoms with E-state index in [9.17, 15) is 4.79 Å². The van der Waals surface area contributed by atoms with Gasteiger partial charge in [-0.25, -0.2) is 0 Å². The first-order valence-electron chi connectivity index (χ1n) is 6.70. The molecule has 3 nitrogen and oxygen atoms in total. The molecule has 16 heavy (non-hydrogen) atoms. The fourth-order valence-corrected chi connectivity index (χ4v) is 2.61. The zero-order chi connectivity index (χ0) is 12.0. The van der Waals surface area contributed by atoms with Crippen molar-refractivity contribution in [2.45, 2.75) is 58.4 Å². The average molecular weight is 226 g/mol. The van der Waals surface area contributed by atoms with Crippen molar-refractivity contribution in [2.24, 2.45) is 17.6 Å². The molecule has 0 aromatic carbocycles. The van der Waals surface area contributed by atoms with Crippen molar-refractivity contribution in [1.29, 1.82) is 0 Å². The van der Waals surface area contributed by atoms with Gasteiger partial charge in [0.05, 0.1) is 0 Å². The minimum Gasteiger partial charge on any atom is -0.353 e. The Morgan fingerprint density at radius 3 is 2.62 bits per heavy atom.